The number of nitrogens with two attached hydrogens (primary N) is 1. The number of benzene rings is 1. The first-order chi connectivity index (χ1) is 6.25. The Balaban J connectivity index is 2.28. The van der Waals surface area contributed by atoms with Crippen molar-refractivity contribution in [3.63, 3.8) is 0 Å². The van der Waals surface area contributed by atoms with E-state index in [0.29, 0.717) is 0 Å². The maximum Gasteiger partial charge on any atom is 0.126 e. The van der Waals surface area contributed by atoms with Crippen molar-refractivity contribution in [1.29, 1.82) is 0 Å². The van der Waals surface area contributed by atoms with Crippen LogP contribution in [0.3, 0.4) is 0 Å². The summed E-state index contributed by atoms with van der Waals surface area (Å²) in [4.78, 5) is 0. The molecule has 1 aromatic carbocycles. The van der Waals surface area contributed by atoms with Crippen molar-refractivity contribution in [2.75, 3.05) is 6.54 Å². The van der Waals surface area contributed by atoms with Crippen LogP contribution in [0.15, 0.2) is 18.2 Å². The van der Waals surface area contributed by atoms with E-state index < -0.39 is 11.6 Å². The summed E-state index contributed by atoms with van der Waals surface area (Å²) in [6, 6.07) is 4.02. The Labute approximate surface area is 75.8 Å². The molecule has 1 aromatic rings. The van der Waals surface area contributed by atoms with Crippen LogP contribution in [0, 0.1) is 11.6 Å². The molecule has 2 rings (SSSR count). The molecule has 1 aliphatic heterocycles. The highest BCUT2D eigenvalue weighted by atomic mass is 19.1. The van der Waals surface area contributed by atoms with Crippen LogP contribution in [0.4, 0.5) is 8.78 Å². The third-order valence-electron chi connectivity index (χ3n) is 2.48. The van der Waals surface area contributed by atoms with Gasteiger partial charge in [-0.3, -0.25) is 0 Å². The lowest BCUT2D eigenvalue weighted by Gasteiger charge is -2.07. The van der Waals surface area contributed by atoms with Gasteiger partial charge in [-0.2, -0.15) is 0 Å². The molecule has 0 unspecified atom stereocenters. The minimum absolute atomic E-state index is 0.255. The van der Waals surface area contributed by atoms with Crippen molar-refractivity contribution in [3.8, 4) is 0 Å². The fourth-order valence-electron chi connectivity index (χ4n) is 1.87. The predicted molar refractivity (Wildman–Crippen MR) is 45.1 cm³/mol. The lowest BCUT2D eigenvalue weighted by molar-refractivity contribution is -0.676. The first kappa shape index (κ1) is 8.63. The van der Waals surface area contributed by atoms with Crippen LogP contribution in [-0.2, 0) is 0 Å². The maximum atomic E-state index is 12.8. The molecule has 1 atom stereocenters. The summed E-state index contributed by atoms with van der Waals surface area (Å²) in [6.45, 7) is 1.06. The van der Waals surface area contributed by atoms with Crippen molar-refractivity contribution in [2.24, 2.45) is 0 Å². The quantitative estimate of drug-likeness (QED) is 0.678. The van der Waals surface area contributed by atoms with E-state index >= 15 is 0 Å². The van der Waals surface area contributed by atoms with Crippen molar-refractivity contribution in [2.45, 2.75) is 18.9 Å². The van der Waals surface area contributed by atoms with Crippen LogP contribution in [0.5, 0.6) is 0 Å². The highest BCUT2D eigenvalue weighted by Crippen LogP contribution is 2.19. The van der Waals surface area contributed by atoms with Crippen LogP contribution in [-0.4, -0.2) is 6.54 Å². The van der Waals surface area contributed by atoms with E-state index in [9.17, 15) is 8.78 Å². The zero-order valence-electron chi connectivity index (χ0n) is 7.26. The topological polar surface area (TPSA) is 16.6 Å². The van der Waals surface area contributed by atoms with Crippen molar-refractivity contribution in [1.82, 2.24) is 0 Å². The molecule has 0 bridgehead atoms. The lowest BCUT2D eigenvalue weighted by Crippen LogP contribution is -2.81. The number of hydrogen-bond acceptors (Lipinski definition) is 0. The highest BCUT2D eigenvalue weighted by Gasteiger charge is 2.21. The van der Waals surface area contributed by atoms with Crippen molar-refractivity contribution in [3.05, 3.63) is 35.4 Å². The van der Waals surface area contributed by atoms with E-state index in [-0.39, 0.29) is 6.04 Å². The molecule has 1 aliphatic rings. The molecule has 0 aliphatic carbocycles. The SMILES string of the molecule is Fc1cc(F)cc([C@H]2CCC[NH2+]2)c1. The molecule has 2 N–H and O–H groups in total. The van der Waals surface area contributed by atoms with Crippen molar-refractivity contribution >= 4 is 0 Å². The Morgan fingerprint density at radius 3 is 2.38 bits per heavy atom. The van der Waals surface area contributed by atoms with E-state index in [1.165, 1.54) is 12.1 Å². The van der Waals surface area contributed by atoms with Crippen LogP contribution in [0.2, 0.25) is 0 Å². The van der Waals surface area contributed by atoms with E-state index in [1.807, 2.05) is 0 Å². The van der Waals surface area contributed by atoms with Crippen LogP contribution in [0.1, 0.15) is 24.4 Å². The highest BCUT2D eigenvalue weighted by molar-refractivity contribution is 5.20. The summed E-state index contributed by atoms with van der Waals surface area (Å²) in [6.07, 6.45) is 2.14. The number of rotatable bonds is 1. The largest absolute Gasteiger partial charge is 0.340 e. The standard InChI is InChI=1S/C10H11F2N/c11-8-4-7(5-9(12)6-8)10-2-1-3-13-10/h4-6,10,13H,1-3H2/p+1/t10-/m1/s1. The second-order valence-electron chi connectivity index (χ2n) is 3.48. The Kier molecular flexibility index (Phi) is 2.27. The molecule has 70 valence electrons. The predicted octanol–water partition coefficient (Wildman–Crippen LogP) is 1.36. The van der Waals surface area contributed by atoms with Gasteiger partial charge in [0, 0.05) is 24.5 Å². The molecule has 1 nitrogen and oxygen atoms in total. The van der Waals surface area contributed by atoms with Gasteiger partial charge in [-0.15, -0.1) is 0 Å². The second-order valence-corrected chi connectivity index (χ2v) is 3.48. The zero-order chi connectivity index (χ0) is 9.26. The summed E-state index contributed by atoms with van der Waals surface area (Å²) in [5, 5.41) is 2.13. The first-order valence-electron chi connectivity index (χ1n) is 4.55. The Bertz CT molecular complexity index is 286. The van der Waals surface area contributed by atoms with Gasteiger partial charge in [0.2, 0.25) is 0 Å². The maximum absolute atomic E-state index is 12.8. The average molecular weight is 184 g/mol. The Hall–Kier alpha value is -0.960. The summed E-state index contributed by atoms with van der Waals surface area (Å²) >= 11 is 0. The summed E-state index contributed by atoms with van der Waals surface area (Å²) < 4.78 is 25.7. The van der Waals surface area contributed by atoms with E-state index in [4.69, 9.17) is 0 Å². The average Bonchev–Trinajstić information content (AvgIpc) is 2.53. The van der Waals surface area contributed by atoms with Gasteiger partial charge in [0.05, 0.1) is 6.54 Å². The monoisotopic (exact) mass is 184 g/mol. The molecule has 1 fully saturated rings. The molecule has 0 spiro atoms. The summed E-state index contributed by atoms with van der Waals surface area (Å²) in [5.74, 6) is -0.953. The number of quaternary nitrogens is 1. The molecule has 3 heteroatoms. The minimum Gasteiger partial charge on any atom is -0.340 e. The fraction of sp³-hybridized carbons (Fsp3) is 0.400. The first-order valence-corrected chi connectivity index (χ1v) is 4.55. The molecule has 0 amide bonds. The van der Waals surface area contributed by atoms with Gasteiger partial charge in [-0.1, -0.05) is 0 Å². The Morgan fingerprint density at radius 1 is 1.15 bits per heavy atom. The number of hydrogen-bond donors (Lipinski definition) is 1. The van der Waals surface area contributed by atoms with Gasteiger partial charge >= 0.3 is 0 Å². The molecule has 0 saturated carbocycles. The molecule has 1 saturated heterocycles. The van der Waals surface area contributed by atoms with E-state index in [2.05, 4.69) is 5.32 Å². The summed E-state index contributed by atoms with van der Waals surface area (Å²) in [5.41, 5.74) is 0.773. The van der Waals surface area contributed by atoms with Crippen LogP contribution in [0.25, 0.3) is 0 Å². The third kappa shape index (κ3) is 1.86. The van der Waals surface area contributed by atoms with Gasteiger partial charge in [-0.05, 0) is 12.1 Å². The van der Waals surface area contributed by atoms with Gasteiger partial charge in [0.1, 0.15) is 17.7 Å². The molecular formula is C10H12F2N+. The van der Waals surface area contributed by atoms with E-state index in [0.717, 1.165) is 31.0 Å². The van der Waals surface area contributed by atoms with Gasteiger partial charge < -0.3 is 5.32 Å². The molecule has 13 heavy (non-hydrogen) atoms. The van der Waals surface area contributed by atoms with E-state index in [1.54, 1.807) is 0 Å². The molecular weight excluding hydrogens is 172 g/mol. The smallest absolute Gasteiger partial charge is 0.126 e. The zero-order valence-corrected chi connectivity index (χ0v) is 7.26. The third-order valence-corrected chi connectivity index (χ3v) is 2.48. The van der Waals surface area contributed by atoms with Gasteiger partial charge in [-0.25, -0.2) is 8.78 Å². The van der Waals surface area contributed by atoms with Crippen LogP contribution < -0.4 is 5.32 Å². The molecule has 0 radical (unpaired) electrons. The fourth-order valence-corrected chi connectivity index (χ4v) is 1.87. The molecule has 0 aromatic heterocycles. The van der Waals surface area contributed by atoms with Crippen LogP contribution >= 0.6 is 0 Å². The molecule has 1 heterocycles. The second kappa shape index (κ2) is 3.42. The van der Waals surface area contributed by atoms with Crippen molar-refractivity contribution < 1.29 is 14.1 Å². The Morgan fingerprint density at radius 2 is 1.85 bits per heavy atom. The minimum atomic E-state index is -0.477. The lowest BCUT2D eigenvalue weighted by atomic mass is 10.1. The van der Waals surface area contributed by atoms with Gasteiger partial charge in [0.15, 0.2) is 0 Å². The van der Waals surface area contributed by atoms with Gasteiger partial charge in [0.25, 0.3) is 0 Å². The summed E-state index contributed by atoms with van der Waals surface area (Å²) in [7, 11) is 0. The number of halogens is 2. The normalized spacial score (nSPS) is 22.2.